The van der Waals surface area contributed by atoms with Gasteiger partial charge in [-0.2, -0.15) is 5.10 Å². The first-order chi connectivity index (χ1) is 9.50. The van der Waals surface area contributed by atoms with Crippen LogP contribution in [0.5, 0.6) is 0 Å². The highest BCUT2D eigenvalue weighted by molar-refractivity contribution is 7.89. The van der Waals surface area contributed by atoms with Gasteiger partial charge in [-0.3, -0.25) is 5.10 Å². The number of aromatic amines is 1. The smallest absolute Gasteiger partial charge is 0.258 e. The maximum atomic E-state index is 12.6. The number of nitrogens with zero attached hydrogens (tertiary/aromatic N) is 1. The molecule has 120 valence electrons. The van der Waals surface area contributed by atoms with Gasteiger partial charge in [-0.1, -0.05) is 41.5 Å². The molecule has 1 aromatic heterocycles. The largest absolute Gasteiger partial charge is 0.310 e. The number of hydrogen-bond acceptors (Lipinski definition) is 4. The number of hydrogen-bond donors (Lipinski definition) is 3. The summed E-state index contributed by atoms with van der Waals surface area (Å²) < 4.78 is 28.0. The molecule has 0 unspecified atom stereocenters. The minimum atomic E-state index is -3.58. The number of rotatable bonds is 6. The average molecular weight is 314 g/mol. The normalized spacial score (nSPS) is 20.9. The number of aromatic nitrogens is 2. The molecule has 0 saturated heterocycles. The third kappa shape index (κ3) is 2.86. The highest BCUT2D eigenvalue weighted by Crippen LogP contribution is 2.62. The van der Waals surface area contributed by atoms with E-state index in [1.54, 1.807) is 6.20 Å². The lowest BCUT2D eigenvalue weighted by atomic mass is 10.0. The van der Waals surface area contributed by atoms with Crippen molar-refractivity contribution in [2.45, 2.75) is 65.2 Å². The molecule has 0 spiro atoms. The molecule has 6 nitrogen and oxygen atoms in total. The molecule has 1 saturated carbocycles. The predicted molar refractivity (Wildman–Crippen MR) is 82.2 cm³/mol. The highest BCUT2D eigenvalue weighted by atomic mass is 32.2. The van der Waals surface area contributed by atoms with E-state index < -0.39 is 10.0 Å². The molecule has 1 aromatic rings. The van der Waals surface area contributed by atoms with E-state index in [2.05, 4.69) is 47.9 Å². The summed E-state index contributed by atoms with van der Waals surface area (Å²) in [4.78, 5) is 0. The molecule has 1 aliphatic carbocycles. The summed E-state index contributed by atoms with van der Waals surface area (Å²) in [5.41, 5.74) is 0.569. The van der Waals surface area contributed by atoms with Gasteiger partial charge >= 0.3 is 0 Å². The van der Waals surface area contributed by atoms with Crippen molar-refractivity contribution in [3.8, 4) is 0 Å². The van der Waals surface area contributed by atoms with E-state index in [1.165, 1.54) is 0 Å². The Bertz CT molecular complexity index is 603. The van der Waals surface area contributed by atoms with E-state index in [-0.39, 0.29) is 27.9 Å². The summed E-state index contributed by atoms with van der Waals surface area (Å²) in [7, 11) is -3.58. The Morgan fingerprint density at radius 3 is 2.33 bits per heavy atom. The molecule has 0 atom stereocenters. The number of sulfonamides is 1. The maximum absolute atomic E-state index is 12.6. The van der Waals surface area contributed by atoms with Crippen molar-refractivity contribution in [3.05, 3.63) is 11.8 Å². The number of nitrogens with one attached hydrogen (secondary N) is 3. The zero-order valence-electron chi connectivity index (χ0n) is 13.6. The summed E-state index contributed by atoms with van der Waals surface area (Å²) in [6.45, 7) is 12.8. The van der Waals surface area contributed by atoms with Crippen LogP contribution in [0.3, 0.4) is 0 Å². The van der Waals surface area contributed by atoms with Crippen LogP contribution >= 0.6 is 0 Å². The van der Waals surface area contributed by atoms with E-state index in [0.717, 1.165) is 0 Å². The van der Waals surface area contributed by atoms with Crippen molar-refractivity contribution in [2.75, 3.05) is 0 Å². The monoisotopic (exact) mass is 314 g/mol. The van der Waals surface area contributed by atoms with Crippen LogP contribution < -0.4 is 10.0 Å². The van der Waals surface area contributed by atoms with Gasteiger partial charge in [-0.25, -0.2) is 13.1 Å². The van der Waals surface area contributed by atoms with Gasteiger partial charge in [0.05, 0.1) is 6.20 Å². The maximum Gasteiger partial charge on any atom is 0.258 e. The third-order valence-corrected chi connectivity index (χ3v) is 6.38. The molecule has 7 heteroatoms. The summed E-state index contributed by atoms with van der Waals surface area (Å²) in [6.07, 6.45) is 1.56. The van der Waals surface area contributed by atoms with E-state index in [4.69, 9.17) is 0 Å². The van der Waals surface area contributed by atoms with Crippen molar-refractivity contribution in [1.82, 2.24) is 20.2 Å². The molecule has 0 aliphatic heterocycles. The molecular weight excluding hydrogens is 288 g/mol. The molecule has 1 heterocycles. The molecule has 0 bridgehead atoms. The molecule has 1 fully saturated rings. The van der Waals surface area contributed by atoms with Gasteiger partial charge in [0.1, 0.15) is 0 Å². The standard InChI is InChI=1S/C14H26N4O2S/c1-9(2)15-7-10-8-16-17-11(10)21(19,20)18-12-13(3,4)14(12,5)6/h8-9,12,15,18H,7H2,1-6H3,(H,16,17). The first kappa shape index (κ1) is 16.5. The fourth-order valence-corrected chi connectivity index (χ4v) is 4.34. The van der Waals surface area contributed by atoms with E-state index in [9.17, 15) is 8.42 Å². The summed E-state index contributed by atoms with van der Waals surface area (Å²) >= 11 is 0. The van der Waals surface area contributed by atoms with E-state index in [0.29, 0.717) is 12.1 Å². The van der Waals surface area contributed by atoms with Crippen molar-refractivity contribution < 1.29 is 8.42 Å². The highest BCUT2D eigenvalue weighted by Gasteiger charge is 2.66. The fraction of sp³-hybridized carbons (Fsp3) is 0.786. The molecule has 1 aliphatic rings. The first-order valence-electron chi connectivity index (χ1n) is 7.28. The lowest BCUT2D eigenvalue weighted by Gasteiger charge is -2.10. The van der Waals surface area contributed by atoms with E-state index >= 15 is 0 Å². The van der Waals surface area contributed by atoms with Gasteiger partial charge in [-0.05, 0) is 10.8 Å². The Morgan fingerprint density at radius 2 is 1.86 bits per heavy atom. The molecule has 21 heavy (non-hydrogen) atoms. The van der Waals surface area contributed by atoms with Crippen molar-refractivity contribution in [3.63, 3.8) is 0 Å². The van der Waals surface area contributed by atoms with Crippen LogP contribution in [0.1, 0.15) is 47.1 Å². The second kappa shape index (κ2) is 5.07. The molecule has 3 N–H and O–H groups in total. The Kier molecular flexibility index (Phi) is 3.97. The molecule has 2 rings (SSSR count). The van der Waals surface area contributed by atoms with Crippen LogP contribution in [0.4, 0.5) is 0 Å². The lowest BCUT2D eigenvalue weighted by Crippen LogP contribution is -2.31. The van der Waals surface area contributed by atoms with Crippen molar-refractivity contribution in [2.24, 2.45) is 10.8 Å². The van der Waals surface area contributed by atoms with Gasteiger partial charge < -0.3 is 5.32 Å². The van der Waals surface area contributed by atoms with Crippen LogP contribution in [0.15, 0.2) is 11.2 Å². The molecule has 0 radical (unpaired) electrons. The van der Waals surface area contributed by atoms with E-state index in [1.807, 2.05) is 13.8 Å². The predicted octanol–water partition coefficient (Wildman–Crippen LogP) is 1.62. The van der Waals surface area contributed by atoms with Crippen LogP contribution in [-0.2, 0) is 16.6 Å². The average Bonchev–Trinajstić information content (AvgIpc) is 2.76. The Labute approximate surface area is 127 Å². The molecule has 0 amide bonds. The Hall–Kier alpha value is -0.920. The van der Waals surface area contributed by atoms with Crippen LogP contribution in [-0.4, -0.2) is 30.7 Å². The first-order valence-corrected chi connectivity index (χ1v) is 8.76. The lowest BCUT2D eigenvalue weighted by molar-refractivity contribution is 0.457. The van der Waals surface area contributed by atoms with Gasteiger partial charge in [0.15, 0.2) is 5.03 Å². The van der Waals surface area contributed by atoms with Gasteiger partial charge in [-0.15, -0.1) is 0 Å². The molecular formula is C14H26N4O2S. The summed E-state index contributed by atoms with van der Waals surface area (Å²) in [6, 6.07) is 0.217. The third-order valence-electron chi connectivity index (χ3n) is 4.94. The summed E-state index contributed by atoms with van der Waals surface area (Å²) in [5.74, 6) is 0. The zero-order valence-corrected chi connectivity index (χ0v) is 14.4. The molecule has 0 aromatic carbocycles. The van der Waals surface area contributed by atoms with Crippen molar-refractivity contribution >= 4 is 10.0 Å². The minimum absolute atomic E-state index is 0.0452. The van der Waals surface area contributed by atoms with Crippen molar-refractivity contribution in [1.29, 1.82) is 0 Å². The Balaban J connectivity index is 2.17. The number of H-pyrrole nitrogens is 1. The van der Waals surface area contributed by atoms with Crippen LogP contribution in [0.25, 0.3) is 0 Å². The van der Waals surface area contributed by atoms with Gasteiger partial charge in [0.25, 0.3) is 10.0 Å². The Morgan fingerprint density at radius 1 is 1.29 bits per heavy atom. The van der Waals surface area contributed by atoms with Crippen LogP contribution in [0.2, 0.25) is 0 Å². The topological polar surface area (TPSA) is 86.9 Å². The van der Waals surface area contributed by atoms with Crippen LogP contribution in [0, 0.1) is 10.8 Å². The SMILES string of the molecule is CC(C)NCc1cn[nH]c1S(=O)(=O)NC1C(C)(C)C1(C)C. The second-order valence-corrected chi connectivity index (χ2v) is 8.91. The van der Waals surface area contributed by atoms with Gasteiger partial charge in [0, 0.05) is 24.2 Å². The zero-order chi connectivity index (χ0) is 16.1. The van der Waals surface area contributed by atoms with Gasteiger partial charge in [0.2, 0.25) is 0 Å². The fourth-order valence-electron chi connectivity index (χ4n) is 2.68. The minimum Gasteiger partial charge on any atom is -0.310 e. The quantitative estimate of drug-likeness (QED) is 0.744. The second-order valence-electron chi connectivity index (χ2n) is 7.26. The summed E-state index contributed by atoms with van der Waals surface area (Å²) in [5, 5.41) is 9.87.